The van der Waals surface area contributed by atoms with Crippen molar-refractivity contribution in [2.24, 2.45) is 0 Å². The largest absolute Gasteiger partial charge is 0.484 e. The molecule has 1 amide bonds. The van der Waals surface area contributed by atoms with Gasteiger partial charge in [-0.15, -0.1) is 21.5 Å². The van der Waals surface area contributed by atoms with Gasteiger partial charge in [-0.25, -0.2) is 4.98 Å². The molecule has 0 radical (unpaired) electrons. The van der Waals surface area contributed by atoms with Gasteiger partial charge in [0.2, 0.25) is 5.91 Å². The maximum absolute atomic E-state index is 12.5. The first-order chi connectivity index (χ1) is 16.4. The van der Waals surface area contributed by atoms with Gasteiger partial charge in [0.15, 0.2) is 16.1 Å². The van der Waals surface area contributed by atoms with Crippen LogP contribution in [0.4, 0.5) is 5.13 Å². The van der Waals surface area contributed by atoms with Gasteiger partial charge in [-0.2, -0.15) is 0 Å². The number of nitrogens with one attached hydrogen (secondary N) is 1. The summed E-state index contributed by atoms with van der Waals surface area (Å²) in [4.78, 5) is 17.0. The summed E-state index contributed by atoms with van der Waals surface area (Å²) in [6.45, 7) is 4.82. The molecule has 0 saturated heterocycles. The fourth-order valence-corrected chi connectivity index (χ4v) is 4.95. The summed E-state index contributed by atoms with van der Waals surface area (Å²) >= 11 is 14.9. The van der Waals surface area contributed by atoms with Crippen molar-refractivity contribution in [3.8, 4) is 17.0 Å². The lowest BCUT2D eigenvalue weighted by molar-refractivity contribution is -0.113. The monoisotopic (exact) mass is 533 g/mol. The van der Waals surface area contributed by atoms with Gasteiger partial charge in [-0.1, -0.05) is 64.8 Å². The number of benzene rings is 2. The van der Waals surface area contributed by atoms with Crippen LogP contribution in [0.25, 0.3) is 11.3 Å². The second kappa shape index (κ2) is 11.2. The third-order valence-corrected chi connectivity index (χ3v) is 7.06. The third kappa shape index (κ3) is 6.09. The predicted molar refractivity (Wildman–Crippen MR) is 138 cm³/mol. The van der Waals surface area contributed by atoms with Crippen LogP contribution in [0, 0.1) is 6.92 Å². The number of nitrogens with zero attached hydrogens (tertiary/aromatic N) is 4. The van der Waals surface area contributed by atoms with E-state index in [0.717, 1.165) is 11.3 Å². The Morgan fingerprint density at radius 2 is 1.97 bits per heavy atom. The van der Waals surface area contributed by atoms with Crippen molar-refractivity contribution in [3.05, 3.63) is 69.3 Å². The summed E-state index contributed by atoms with van der Waals surface area (Å²) in [5.41, 5.74) is 3.04. The molecule has 2 aromatic heterocycles. The molecular formula is C23H21Cl2N5O2S2. The van der Waals surface area contributed by atoms with E-state index < -0.39 is 0 Å². The lowest BCUT2D eigenvalue weighted by Crippen LogP contribution is -2.14. The molecule has 0 aliphatic heterocycles. The Bertz CT molecular complexity index is 1290. The highest BCUT2D eigenvalue weighted by Crippen LogP contribution is 2.29. The minimum atomic E-state index is -0.163. The molecule has 2 heterocycles. The van der Waals surface area contributed by atoms with Crippen LogP contribution in [0.2, 0.25) is 10.0 Å². The molecule has 0 aliphatic rings. The van der Waals surface area contributed by atoms with Crippen LogP contribution >= 0.6 is 46.3 Å². The number of halogens is 2. The van der Waals surface area contributed by atoms with Gasteiger partial charge >= 0.3 is 0 Å². The van der Waals surface area contributed by atoms with Crippen LogP contribution in [0.5, 0.6) is 5.75 Å². The van der Waals surface area contributed by atoms with E-state index in [2.05, 4.69) is 20.5 Å². The van der Waals surface area contributed by atoms with Crippen LogP contribution < -0.4 is 10.1 Å². The van der Waals surface area contributed by atoms with Crippen LogP contribution in [0.15, 0.2) is 53.0 Å². The molecular weight excluding hydrogens is 513 g/mol. The summed E-state index contributed by atoms with van der Waals surface area (Å²) < 4.78 is 7.67. The van der Waals surface area contributed by atoms with Crippen molar-refractivity contribution in [2.45, 2.75) is 32.2 Å². The van der Waals surface area contributed by atoms with E-state index in [1.807, 2.05) is 48.1 Å². The smallest absolute Gasteiger partial charge is 0.236 e. The number of ether oxygens (including phenoxy) is 1. The van der Waals surface area contributed by atoms with Gasteiger partial charge in [0, 0.05) is 28.6 Å². The Kier molecular flexibility index (Phi) is 8.10. The zero-order valence-electron chi connectivity index (χ0n) is 18.4. The van der Waals surface area contributed by atoms with Gasteiger partial charge in [0.1, 0.15) is 12.4 Å². The Labute approximate surface area is 215 Å². The quantitative estimate of drug-likeness (QED) is 0.252. The van der Waals surface area contributed by atoms with Crippen LogP contribution in [0.1, 0.15) is 18.3 Å². The maximum atomic E-state index is 12.5. The van der Waals surface area contributed by atoms with Crippen molar-refractivity contribution in [2.75, 3.05) is 11.1 Å². The van der Waals surface area contributed by atoms with Crippen LogP contribution in [-0.4, -0.2) is 31.4 Å². The molecule has 11 heteroatoms. The first-order valence-corrected chi connectivity index (χ1v) is 13.0. The number of carbonyl (C=O) groups excluding carboxylic acids is 1. The zero-order chi connectivity index (χ0) is 24.1. The topological polar surface area (TPSA) is 81.9 Å². The molecule has 4 aromatic rings. The Morgan fingerprint density at radius 3 is 2.74 bits per heavy atom. The lowest BCUT2D eigenvalue weighted by Gasteiger charge is -2.10. The number of anilines is 1. The van der Waals surface area contributed by atoms with Crippen molar-refractivity contribution in [1.29, 1.82) is 0 Å². The van der Waals surface area contributed by atoms with Gasteiger partial charge in [-0.05, 0) is 26.0 Å². The molecule has 4 rings (SSSR count). The summed E-state index contributed by atoms with van der Waals surface area (Å²) in [6, 6.07) is 13.1. The molecule has 0 bridgehead atoms. The molecule has 0 aliphatic carbocycles. The number of amides is 1. The lowest BCUT2D eigenvalue weighted by atomic mass is 10.1. The molecule has 0 saturated carbocycles. The van der Waals surface area contributed by atoms with Crippen molar-refractivity contribution < 1.29 is 9.53 Å². The fourth-order valence-electron chi connectivity index (χ4n) is 3.05. The average Bonchev–Trinajstić information content (AvgIpc) is 3.45. The minimum Gasteiger partial charge on any atom is -0.484 e. The van der Waals surface area contributed by atoms with E-state index in [9.17, 15) is 4.79 Å². The molecule has 0 atom stereocenters. The summed E-state index contributed by atoms with van der Waals surface area (Å²) in [5.74, 6) is 1.12. The number of thioether (sulfide) groups is 1. The second-order valence-corrected chi connectivity index (χ2v) is 9.89. The Balaban J connectivity index is 1.33. The van der Waals surface area contributed by atoms with E-state index in [4.69, 9.17) is 27.9 Å². The number of aryl methyl sites for hydroxylation is 1. The summed E-state index contributed by atoms with van der Waals surface area (Å²) in [6.07, 6.45) is 0. The molecule has 34 heavy (non-hydrogen) atoms. The molecule has 176 valence electrons. The fraction of sp³-hybridized carbons (Fsp3) is 0.217. The molecule has 0 spiro atoms. The van der Waals surface area contributed by atoms with Gasteiger partial charge in [-0.3, -0.25) is 4.79 Å². The Morgan fingerprint density at radius 1 is 1.18 bits per heavy atom. The SMILES string of the molecule is CCn1c(COc2cc(Cl)ccc2Cl)nnc1SCC(=O)Nc1nc(-c2ccc(C)cc2)cs1. The normalized spacial score (nSPS) is 10.9. The molecule has 0 unspecified atom stereocenters. The molecule has 0 fully saturated rings. The average molecular weight is 534 g/mol. The van der Waals surface area contributed by atoms with Gasteiger partial charge < -0.3 is 14.6 Å². The number of hydrogen-bond donors (Lipinski definition) is 1. The first-order valence-electron chi connectivity index (χ1n) is 10.4. The van der Waals surface area contributed by atoms with Crippen molar-refractivity contribution >= 4 is 57.3 Å². The van der Waals surface area contributed by atoms with Crippen molar-refractivity contribution in [1.82, 2.24) is 19.7 Å². The highest BCUT2D eigenvalue weighted by Gasteiger charge is 2.15. The van der Waals surface area contributed by atoms with Gasteiger partial charge in [0.05, 0.1) is 16.5 Å². The summed E-state index contributed by atoms with van der Waals surface area (Å²) in [5, 5.41) is 15.4. The Hall–Kier alpha value is -2.59. The highest BCUT2D eigenvalue weighted by atomic mass is 35.5. The minimum absolute atomic E-state index is 0.163. The van der Waals surface area contributed by atoms with E-state index in [0.29, 0.717) is 38.5 Å². The standard InChI is InChI=1S/C23H21Cl2N5O2S2/c1-3-30-20(11-32-19-10-16(24)8-9-17(19)25)28-29-23(30)34-13-21(31)27-22-26-18(12-33-22)15-6-4-14(2)5-7-15/h4-10,12H,3,11,13H2,1-2H3,(H,26,27,31). The third-order valence-electron chi connectivity index (χ3n) is 4.79. The second-order valence-electron chi connectivity index (χ2n) is 7.25. The highest BCUT2D eigenvalue weighted by molar-refractivity contribution is 7.99. The zero-order valence-corrected chi connectivity index (χ0v) is 21.6. The van der Waals surface area contributed by atoms with Gasteiger partial charge in [0.25, 0.3) is 0 Å². The predicted octanol–water partition coefficient (Wildman–Crippen LogP) is 6.35. The molecule has 7 nitrogen and oxygen atoms in total. The first kappa shape index (κ1) is 24.5. The van der Waals surface area contributed by atoms with Crippen molar-refractivity contribution in [3.63, 3.8) is 0 Å². The van der Waals surface area contributed by atoms with E-state index in [-0.39, 0.29) is 18.3 Å². The van der Waals surface area contributed by atoms with E-state index >= 15 is 0 Å². The van der Waals surface area contributed by atoms with E-state index in [1.165, 1.54) is 28.7 Å². The molecule has 2 aromatic carbocycles. The van der Waals surface area contributed by atoms with E-state index in [1.54, 1.807) is 18.2 Å². The number of aromatic nitrogens is 4. The maximum Gasteiger partial charge on any atom is 0.236 e. The summed E-state index contributed by atoms with van der Waals surface area (Å²) in [7, 11) is 0. The number of hydrogen-bond acceptors (Lipinski definition) is 7. The van der Waals surface area contributed by atoms with Crippen LogP contribution in [-0.2, 0) is 17.9 Å². The van der Waals surface area contributed by atoms with Crippen LogP contribution in [0.3, 0.4) is 0 Å². The number of carbonyl (C=O) groups is 1. The number of rotatable bonds is 9. The number of thiazole rings is 1. The molecule has 1 N–H and O–H groups in total.